The highest BCUT2D eigenvalue weighted by atomic mass is 16.5. The summed E-state index contributed by atoms with van der Waals surface area (Å²) in [5.74, 6) is 0.398. The van der Waals surface area contributed by atoms with Crippen LogP contribution in [0.3, 0.4) is 0 Å². The summed E-state index contributed by atoms with van der Waals surface area (Å²) in [5, 5.41) is 1.01. The predicted molar refractivity (Wildman–Crippen MR) is 125 cm³/mol. The third-order valence-electron chi connectivity index (χ3n) is 5.47. The number of carbonyl (C=O) groups excluding carboxylic acids is 1. The topological polar surface area (TPSA) is 74.7 Å². The number of nitrogens with two attached hydrogens (primary N) is 1. The Morgan fingerprint density at radius 1 is 1.03 bits per heavy atom. The van der Waals surface area contributed by atoms with Gasteiger partial charge in [0.1, 0.15) is 17.9 Å². The molecule has 1 aromatic heterocycles. The number of rotatable bonds is 8. The Balaban J connectivity index is 1.61. The molecule has 0 bridgehead atoms. The fourth-order valence-electron chi connectivity index (χ4n) is 3.83. The van der Waals surface area contributed by atoms with Crippen molar-refractivity contribution in [3.63, 3.8) is 0 Å². The molecule has 3 aromatic carbocycles. The highest BCUT2D eigenvalue weighted by Gasteiger charge is 2.14. The van der Waals surface area contributed by atoms with E-state index < -0.39 is 0 Å². The first-order valence-electron chi connectivity index (χ1n) is 10.8. The first-order valence-corrected chi connectivity index (χ1v) is 10.8. The Morgan fingerprint density at radius 2 is 1.88 bits per heavy atom. The summed E-state index contributed by atoms with van der Waals surface area (Å²) in [5.41, 5.74) is 12.9. The van der Waals surface area contributed by atoms with Crippen LogP contribution in [0.1, 0.15) is 29.2 Å². The van der Waals surface area contributed by atoms with Crippen LogP contribution in [0, 0.1) is 6.92 Å². The van der Waals surface area contributed by atoms with Crippen molar-refractivity contribution in [1.82, 2.24) is 0 Å². The molecule has 0 atom stereocenters. The molecule has 0 aliphatic heterocycles. The lowest BCUT2D eigenvalue weighted by Gasteiger charge is -2.11. The van der Waals surface area contributed by atoms with E-state index in [-0.39, 0.29) is 12.4 Å². The molecule has 2 N–H and O–H groups in total. The molecule has 0 aliphatic rings. The van der Waals surface area contributed by atoms with E-state index in [1.807, 2.05) is 36.4 Å². The van der Waals surface area contributed by atoms with Gasteiger partial charge in [0.15, 0.2) is 0 Å². The minimum absolute atomic E-state index is 0.178. The van der Waals surface area contributed by atoms with E-state index in [1.54, 1.807) is 13.2 Å². The minimum Gasteiger partial charge on any atom is -0.488 e. The highest BCUT2D eigenvalue weighted by Crippen LogP contribution is 2.32. The van der Waals surface area contributed by atoms with E-state index in [0.717, 1.165) is 44.3 Å². The van der Waals surface area contributed by atoms with Crippen LogP contribution in [-0.4, -0.2) is 12.6 Å². The fraction of sp³-hybridized carbons (Fsp3) is 0.222. The quantitative estimate of drug-likeness (QED) is 0.372. The molecule has 32 heavy (non-hydrogen) atoms. The average Bonchev–Trinajstić information content (AvgIpc) is 3.19. The molecule has 5 nitrogen and oxygen atoms in total. The summed E-state index contributed by atoms with van der Waals surface area (Å²) in [7, 11) is 0. The molecule has 0 aliphatic carbocycles. The van der Waals surface area contributed by atoms with Gasteiger partial charge in [-0.1, -0.05) is 36.4 Å². The van der Waals surface area contributed by atoms with Gasteiger partial charge in [-0.05, 0) is 60.4 Å². The molecule has 0 radical (unpaired) electrons. The lowest BCUT2D eigenvalue weighted by molar-refractivity contribution is -0.142. The van der Waals surface area contributed by atoms with Crippen LogP contribution >= 0.6 is 0 Å². The number of esters is 1. The van der Waals surface area contributed by atoms with E-state index in [4.69, 9.17) is 19.6 Å². The van der Waals surface area contributed by atoms with E-state index in [9.17, 15) is 4.79 Å². The van der Waals surface area contributed by atoms with Crippen LogP contribution in [0.2, 0.25) is 0 Å². The first-order chi connectivity index (χ1) is 15.6. The summed E-state index contributed by atoms with van der Waals surface area (Å²) in [6.07, 6.45) is 1.91. The lowest BCUT2D eigenvalue weighted by atomic mass is 9.96. The number of para-hydroxylation sites is 1. The Morgan fingerprint density at radius 3 is 2.69 bits per heavy atom. The van der Waals surface area contributed by atoms with Gasteiger partial charge in [-0.3, -0.25) is 4.79 Å². The van der Waals surface area contributed by atoms with Gasteiger partial charge in [0.25, 0.3) is 0 Å². The maximum atomic E-state index is 11.9. The average molecular weight is 430 g/mol. The zero-order valence-electron chi connectivity index (χ0n) is 18.4. The van der Waals surface area contributed by atoms with Crippen molar-refractivity contribution in [2.75, 3.05) is 6.61 Å². The first kappa shape index (κ1) is 21.7. The van der Waals surface area contributed by atoms with Gasteiger partial charge >= 0.3 is 5.97 Å². The number of aryl methyl sites for hydroxylation is 1. The van der Waals surface area contributed by atoms with Crippen LogP contribution in [0.25, 0.3) is 22.1 Å². The number of hydrogen-bond acceptors (Lipinski definition) is 5. The molecule has 4 rings (SSSR count). The van der Waals surface area contributed by atoms with E-state index in [2.05, 4.69) is 31.2 Å². The molecule has 1 heterocycles. The highest BCUT2D eigenvalue weighted by molar-refractivity contribution is 5.88. The molecular weight excluding hydrogens is 402 g/mol. The zero-order valence-corrected chi connectivity index (χ0v) is 18.4. The van der Waals surface area contributed by atoms with Gasteiger partial charge < -0.3 is 19.6 Å². The number of fused-ring (bicyclic) bond motifs is 1. The van der Waals surface area contributed by atoms with Crippen molar-refractivity contribution < 1.29 is 18.7 Å². The minimum atomic E-state index is -0.267. The van der Waals surface area contributed by atoms with E-state index >= 15 is 0 Å². The number of hydrogen-bond donors (Lipinski definition) is 1. The van der Waals surface area contributed by atoms with Crippen molar-refractivity contribution in [3.8, 4) is 16.9 Å². The monoisotopic (exact) mass is 429 g/mol. The third-order valence-corrected chi connectivity index (χ3v) is 5.47. The summed E-state index contributed by atoms with van der Waals surface area (Å²) in [6, 6.07) is 20.0. The molecule has 0 amide bonds. The zero-order chi connectivity index (χ0) is 22.5. The van der Waals surface area contributed by atoms with Crippen molar-refractivity contribution >= 4 is 16.9 Å². The van der Waals surface area contributed by atoms with Gasteiger partial charge in [-0.15, -0.1) is 0 Å². The summed E-state index contributed by atoms with van der Waals surface area (Å²) in [4.78, 5) is 11.9. The summed E-state index contributed by atoms with van der Waals surface area (Å²) < 4.78 is 17.0. The van der Waals surface area contributed by atoms with Gasteiger partial charge in [-0.2, -0.15) is 0 Å². The predicted octanol–water partition coefficient (Wildman–Crippen LogP) is 5.55. The maximum Gasteiger partial charge on any atom is 0.310 e. The largest absolute Gasteiger partial charge is 0.488 e. The molecule has 0 unspecified atom stereocenters. The van der Waals surface area contributed by atoms with Crippen LogP contribution < -0.4 is 10.5 Å². The number of furan rings is 1. The molecule has 0 spiro atoms. The number of carbonyl (C=O) groups is 1. The molecular formula is C27H27NO4. The lowest BCUT2D eigenvalue weighted by Crippen LogP contribution is -2.09. The smallest absolute Gasteiger partial charge is 0.310 e. The molecule has 0 fully saturated rings. The molecule has 5 heteroatoms. The van der Waals surface area contributed by atoms with E-state index in [1.165, 1.54) is 0 Å². The molecule has 164 valence electrons. The Bertz CT molecular complexity index is 1240. The van der Waals surface area contributed by atoms with Crippen LogP contribution in [0.4, 0.5) is 0 Å². The fourth-order valence-corrected chi connectivity index (χ4v) is 3.83. The number of ether oxygens (including phenoxy) is 2. The normalized spacial score (nSPS) is 11.0. The van der Waals surface area contributed by atoms with Crippen molar-refractivity contribution in [1.29, 1.82) is 0 Å². The SMILES string of the molecule is CCOC(=O)Cc1ccccc1OCc1coc2cc(C)c(-c3cccc(CN)c3)cc12. The van der Waals surface area contributed by atoms with Crippen LogP contribution in [0.15, 0.2) is 71.3 Å². The molecule has 0 saturated heterocycles. The second kappa shape index (κ2) is 9.71. The van der Waals surface area contributed by atoms with Crippen molar-refractivity contribution in [2.45, 2.75) is 33.4 Å². The Hall–Kier alpha value is -3.57. The van der Waals surface area contributed by atoms with Gasteiger partial charge in [-0.25, -0.2) is 0 Å². The summed E-state index contributed by atoms with van der Waals surface area (Å²) in [6.45, 7) is 5.07. The van der Waals surface area contributed by atoms with Crippen LogP contribution in [-0.2, 0) is 29.1 Å². The number of benzene rings is 3. The maximum absolute atomic E-state index is 11.9. The standard InChI is InChI=1S/C27H27NO4/c1-3-30-27(29)13-21-8-4-5-10-25(21)31-16-22-17-32-26-11-18(2)23(14-24(22)26)20-9-6-7-19(12-20)15-28/h4-12,14,17H,3,13,15-16,28H2,1-2H3. The van der Waals surface area contributed by atoms with Gasteiger partial charge in [0.05, 0.1) is 19.3 Å². The second-order valence-corrected chi connectivity index (χ2v) is 7.71. The molecule has 0 saturated carbocycles. The van der Waals surface area contributed by atoms with Crippen molar-refractivity contribution in [2.24, 2.45) is 5.73 Å². The Kier molecular flexibility index (Phi) is 6.57. The van der Waals surface area contributed by atoms with Gasteiger partial charge in [0, 0.05) is 23.1 Å². The van der Waals surface area contributed by atoms with Crippen molar-refractivity contribution in [3.05, 3.63) is 89.2 Å². The van der Waals surface area contributed by atoms with E-state index in [0.29, 0.717) is 25.5 Å². The summed E-state index contributed by atoms with van der Waals surface area (Å²) >= 11 is 0. The van der Waals surface area contributed by atoms with Gasteiger partial charge in [0.2, 0.25) is 0 Å². The molecule has 4 aromatic rings. The Labute approximate surface area is 187 Å². The van der Waals surface area contributed by atoms with Crippen LogP contribution in [0.5, 0.6) is 5.75 Å². The second-order valence-electron chi connectivity index (χ2n) is 7.71. The third kappa shape index (κ3) is 4.68.